The topological polar surface area (TPSA) is 369 Å². The second-order valence-electron chi connectivity index (χ2n) is 38.4. The predicted octanol–water partition coefficient (Wildman–Crippen LogP) is 15.0. The minimum Gasteiger partial charge on any atom is -0.481 e. The quantitative estimate of drug-likeness (QED) is 0.0313. The molecule has 8 unspecified atom stereocenters. The Bertz CT molecular complexity index is 4550. The molecule has 12 aliphatic rings. The zero-order chi connectivity index (χ0) is 90.3. The highest BCUT2D eigenvalue weighted by molar-refractivity contribution is 5.92. The third kappa shape index (κ3) is 20.0. The molecule has 4 saturated heterocycles. The molecule has 4 amide bonds. The number of methoxy groups -OCH3 is 4. The van der Waals surface area contributed by atoms with Crippen LogP contribution in [0.15, 0.2) is 195 Å². The van der Waals surface area contributed by atoms with Gasteiger partial charge in [0.25, 0.3) is 23.6 Å². The zero-order valence-corrected chi connectivity index (χ0v) is 78.8. The summed E-state index contributed by atoms with van der Waals surface area (Å²) in [5.41, 5.74) is 32.1. The van der Waals surface area contributed by atoms with Crippen LogP contribution in [0.25, 0.3) is 0 Å². The lowest BCUT2D eigenvalue weighted by atomic mass is 9.61. The summed E-state index contributed by atoms with van der Waals surface area (Å²) in [6.07, 6.45) is 28.7. The van der Waals surface area contributed by atoms with E-state index in [4.69, 9.17) is 57.2 Å². The van der Waals surface area contributed by atoms with Crippen molar-refractivity contribution in [3.05, 3.63) is 262 Å². The lowest BCUT2D eigenvalue weighted by molar-refractivity contribution is -0.179. The van der Waals surface area contributed by atoms with Crippen molar-refractivity contribution in [1.82, 2.24) is 39.5 Å². The van der Waals surface area contributed by atoms with E-state index >= 15 is 0 Å². The van der Waals surface area contributed by atoms with E-state index in [1.807, 2.05) is 77.0 Å². The van der Waals surface area contributed by atoms with E-state index in [1.165, 1.54) is 99.3 Å². The number of nitrogens with zero attached hydrogens (tertiary/aromatic N) is 8. The Morgan fingerprint density at radius 2 is 0.523 bits per heavy atom. The van der Waals surface area contributed by atoms with E-state index in [2.05, 4.69) is 161 Å². The molecular formula is C104H133Cl3N12O13. The van der Waals surface area contributed by atoms with Gasteiger partial charge >= 0.3 is 11.9 Å². The number of aliphatic carboxylic acids is 2. The van der Waals surface area contributed by atoms with E-state index in [0.29, 0.717) is 118 Å². The number of aliphatic hydroxyl groups is 1. The molecule has 4 aliphatic heterocycles. The summed E-state index contributed by atoms with van der Waals surface area (Å²) in [4.78, 5) is 94.0. The number of aliphatic hydroxyl groups excluding tert-OH is 1. The summed E-state index contributed by atoms with van der Waals surface area (Å²) in [7, 11) is 7.34. The molecule has 28 heteroatoms. The van der Waals surface area contributed by atoms with Gasteiger partial charge in [-0.15, -0.1) is 37.2 Å². The van der Waals surface area contributed by atoms with E-state index in [0.717, 1.165) is 126 Å². The number of fused-ring (bicyclic) bond motifs is 8. The molecule has 25 nitrogen and oxygen atoms in total. The van der Waals surface area contributed by atoms with Crippen LogP contribution >= 0.6 is 37.2 Å². The largest absolute Gasteiger partial charge is 0.481 e. The maximum Gasteiger partial charge on any atom is 0.333 e. The molecule has 708 valence electrons. The Kier molecular flexibility index (Phi) is 33.5. The van der Waals surface area contributed by atoms with Crippen LogP contribution < -0.4 is 22.9 Å². The number of carboxylic acids is 2. The number of piperidine rings is 4. The molecule has 8 heterocycles. The monoisotopic (exact) mass is 1860 g/mol. The number of carbonyl (C=O) groups is 6. The van der Waals surface area contributed by atoms with Crippen LogP contribution in [0.4, 0.5) is 0 Å². The Morgan fingerprint density at radius 3 is 0.667 bits per heavy atom. The van der Waals surface area contributed by atoms with Crippen LogP contribution in [0.1, 0.15) is 245 Å². The number of nitrogens with two attached hydrogens (primary N) is 4. The van der Waals surface area contributed by atoms with Crippen molar-refractivity contribution in [3.8, 4) is 0 Å². The fraction of sp³-hybridized carbons (Fsp3) is 0.519. The zero-order valence-electron chi connectivity index (χ0n) is 76.3. The average Bonchev–Trinajstić information content (AvgIpc) is 0.738. The van der Waals surface area contributed by atoms with Crippen LogP contribution in [0.5, 0.6) is 0 Å². The lowest BCUT2D eigenvalue weighted by Crippen LogP contribution is -2.62. The van der Waals surface area contributed by atoms with E-state index in [-0.39, 0.29) is 59.6 Å². The summed E-state index contributed by atoms with van der Waals surface area (Å²) in [6, 6.07) is 62.0. The first kappa shape index (κ1) is 100. The number of aromatic nitrogens is 4. The Hall–Kier alpha value is -9.19. The molecule has 0 radical (unpaired) electrons. The molecule has 17 atom stereocenters. The van der Waals surface area contributed by atoms with Gasteiger partial charge < -0.3 is 57.2 Å². The number of ether oxygens (including phenoxy) is 4. The number of primary amides is 4. The van der Waals surface area contributed by atoms with Gasteiger partial charge in [-0.1, -0.05) is 147 Å². The number of halogens is 3. The number of rotatable bonds is 23. The Morgan fingerprint density at radius 1 is 0.326 bits per heavy atom. The first-order chi connectivity index (χ1) is 62.6. The standard InChI is InChI=1S/4C25H31N3O2.C4H6O5.3ClH/c4*1-30-25(18-12-13-27-22(14-18)24(26)29)19-8-5-9-20(25)16-28(15-19)23-11-10-21(23)17-6-3-2-4-7-17;5-2(4(8)9)1-3(6)7;;;/h4*2-4,6-7,12-14,19-21,23H,5,8-11,15-16H2,1H3,(H2,26,29);2,5H,1H2,(H,6,7)(H,8,9);3*1H/t2*19?,20?,21-,23+,25?;2*19?,20?,21-,23-,25?;2-;;;/m10100.../s1. The van der Waals surface area contributed by atoms with Crippen LogP contribution in [0, 0.1) is 47.3 Å². The molecule has 0 spiro atoms. The highest BCUT2D eigenvalue weighted by atomic mass is 35.5. The van der Waals surface area contributed by atoms with Crippen molar-refractivity contribution < 1.29 is 63.0 Å². The van der Waals surface area contributed by atoms with Crippen LogP contribution in [0.2, 0.25) is 0 Å². The van der Waals surface area contributed by atoms with Gasteiger partial charge in [0.1, 0.15) is 45.2 Å². The molecule has 11 N–H and O–H groups in total. The minimum absolute atomic E-state index is 0. The summed E-state index contributed by atoms with van der Waals surface area (Å²) < 4.78 is 25.4. The fourth-order valence-corrected chi connectivity index (χ4v) is 26.2. The third-order valence-corrected chi connectivity index (χ3v) is 32.5. The molecule has 4 aromatic carbocycles. The molecule has 4 aromatic heterocycles. The number of likely N-dealkylation sites (tertiary alicyclic amines) is 4. The van der Waals surface area contributed by atoms with Crippen molar-refractivity contribution in [2.75, 3.05) is 80.8 Å². The SMILES string of the molecule is COC1(c2ccnc(C(N)=O)c2)C2CCCC1CN([C@@H]1CC[C@@H]1c1ccccc1)C2.COC1(c2ccnc(C(N)=O)c2)C2CCCC1CN([C@@H]1CC[C@H]1c1ccccc1)C2.COC1(c2ccnc(C(N)=O)c2)C2CCCC1CN([C@H]1CC[C@@H]1c1ccccc1)C2.COC1(c2ccnc(C(N)=O)c2)C2CCCC1CN([C@H]1CC[C@H]1c1ccccc1)C2.Cl.Cl.Cl.O=C(O)C[C@H](O)C(=O)O. The molecule has 8 aromatic rings. The molecular weight excluding hydrogens is 1730 g/mol. The maximum atomic E-state index is 11.7. The molecule has 132 heavy (non-hydrogen) atoms. The molecule has 8 bridgehead atoms. The lowest BCUT2D eigenvalue weighted by Gasteiger charge is -2.58. The second kappa shape index (κ2) is 44.1. The van der Waals surface area contributed by atoms with E-state index < -0.39 is 48.1 Å². The summed E-state index contributed by atoms with van der Waals surface area (Å²) in [5, 5.41) is 24.1. The van der Waals surface area contributed by atoms with Gasteiger partial charge in [-0.2, -0.15) is 0 Å². The molecule has 8 saturated carbocycles. The van der Waals surface area contributed by atoms with Crippen molar-refractivity contribution in [2.24, 2.45) is 70.3 Å². The smallest absolute Gasteiger partial charge is 0.333 e. The highest BCUT2D eigenvalue weighted by Crippen LogP contribution is 2.59. The highest BCUT2D eigenvalue weighted by Gasteiger charge is 2.60. The van der Waals surface area contributed by atoms with Gasteiger partial charge in [0.15, 0.2) is 6.10 Å². The van der Waals surface area contributed by atoms with E-state index in [1.54, 1.807) is 24.8 Å². The molecule has 8 aliphatic carbocycles. The normalized spacial score (nSPS) is 31.4. The van der Waals surface area contributed by atoms with Gasteiger partial charge in [-0.05, 0) is 219 Å². The van der Waals surface area contributed by atoms with Gasteiger partial charge in [-0.25, -0.2) is 4.79 Å². The fourth-order valence-electron chi connectivity index (χ4n) is 26.2. The number of benzene rings is 4. The van der Waals surface area contributed by atoms with Gasteiger partial charge in [0.2, 0.25) is 0 Å². The number of hydrogen-bond acceptors (Lipinski definition) is 19. The van der Waals surface area contributed by atoms with Crippen molar-refractivity contribution >= 4 is 72.8 Å². The first-order valence-corrected chi connectivity index (χ1v) is 47.1. The van der Waals surface area contributed by atoms with Gasteiger partial charge in [-0.3, -0.25) is 63.5 Å². The first-order valence-electron chi connectivity index (χ1n) is 47.1. The van der Waals surface area contributed by atoms with Crippen LogP contribution in [0.3, 0.4) is 0 Å². The van der Waals surface area contributed by atoms with Crippen molar-refractivity contribution in [3.63, 3.8) is 0 Å². The summed E-state index contributed by atoms with van der Waals surface area (Å²) in [6.45, 7) is 8.39. The number of pyridine rings is 4. The number of carboxylic acid groups (broad SMARTS) is 2. The van der Waals surface area contributed by atoms with Crippen molar-refractivity contribution in [1.29, 1.82) is 0 Å². The van der Waals surface area contributed by atoms with Crippen LogP contribution in [-0.4, -0.2) is 201 Å². The summed E-state index contributed by atoms with van der Waals surface area (Å²) >= 11 is 0. The minimum atomic E-state index is -1.79. The number of carbonyl (C=O) groups excluding carboxylic acids is 4. The maximum absolute atomic E-state index is 11.7. The predicted molar refractivity (Wildman–Crippen MR) is 512 cm³/mol. The van der Waals surface area contributed by atoms with Crippen molar-refractivity contribution in [2.45, 2.75) is 211 Å². The van der Waals surface area contributed by atoms with Gasteiger partial charge in [0, 0.05) is 177 Å². The van der Waals surface area contributed by atoms with E-state index in [9.17, 15) is 28.8 Å². The molecule has 12 fully saturated rings. The number of hydrogen-bond donors (Lipinski definition) is 7. The Balaban J connectivity index is 0.000000144. The Labute approximate surface area is 794 Å². The van der Waals surface area contributed by atoms with Crippen LogP contribution in [-0.2, 0) is 50.9 Å². The second-order valence-corrected chi connectivity index (χ2v) is 38.4. The third-order valence-electron chi connectivity index (χ3n) is 32.5. The average molecular weight is 1870 g/mol. The summed E-state index contributed by atoms with van der Waals surface area (Å²) in [5.74, 6) is 1.10. The molecule has 20 rings (SSSR count). The van der Waals surface area contributed by atoms with Gasteiger partial charge in [0.05, 0.1) is 6.42 Å². The number of amides is 4.